The molecule has 0 unspecified atom stereocenters. The number of hydrogen-bond acceptors (Lipinski definition) is 2. The summed E-state index contributed by atoms with van der Waals surface area (Å²) in [4.78, 5) is 15.6. The van der Waals surface area contributed by atoms with Crippen LogP contribution in [0.4, 0.5) is 4.79 Å². The maximum atomic E-state index is 11.5. The van der Waals surface area contributed by atoms with Crippen LogP contribution in [0.5, 0.6) is 0 Å². The van der Waals surface area contributed by atoms with E-state index in [1.165, 1.54) is 25.7 Å². The molecule has 1 fully saturated rings. The number of pyridine rings is 1. The maximum absolute atomic E-state index is 11.5. The highest BCUT2D eigenvalue weighted by atomic mass is 16.2. The first-order valence-corrected chi connectivity index (χ1v) is 6.45. The molecule has 0 radical (unpaired) electrons. The first-order chi connectivity index (χ1) is 8.84. The minimum Gasteiger partial charge on any atom is -0.332 e. The Labute approximate surface area is 108 Å². The number of amides is 2. The Hall–Kier alpha value is -1.84. The summed E-state index contributed by atoms with van der Waals surface area (Å²) in [7, 11) is 0. The molecule has 0 aliphatic heterocycles. The van der Waals surface area contributed by atoms with Crippen LogP contribution < -0.4 is 10.6 Å². The monoisotopic (exact) mass is 245 g/mol. The highest BCUT2D eigenvalue weighted by molar-refractivity contribution is 5.74. The number of rotatable bonds is 4. The summed E-state index contributed by atoms with van der Waals surface area (Å²) in [6, 6.07) is 5.46. The molecule has 1 aliphatic carbocycles. The summed E-state index contributed by atoms with van der Waals surface area (Å²) in [5.41, 5.74) is 0.854. The maximum Gasteiger partial charge on any atom is 0.319 e. The van der Waals surface area contributed by atoms with Gasteiger partial charge in [0.05, 0.1) is 12.2 Å². The summed E-state index contributed by atoms with van der Waals surface area (Å²) in [5, 5.41) is 5.48. The Bertz CT molecular complexity index is 397. The molecular weight excluding hydrogens is 226 g/mol. The van der Waals surface area contributed by atoms with Gasteiger partial charge in [-0.05, 0) is 30.9 Å². The lowest BCUT2D eigenvalue weighted by atomic mass is 10.1. The first kappa shape index (κ1) is 12.6. The number of carbonyl (C=O) groups excluding carboxylic acids is 1. The van der Waals surface area contributed by atoms with E-state index < -0.39 is 0 Å². The van der Waals surface area contributed by atoms with Crippen molar-refractivity contribution in [2.45, 2.75) is 32.2 Å². The van der Waals surface area contributed by atoms with Crippen molar-refractivity contribution in [2.24, 2.45) is 5.92 Å². The summed E-state index contributed by atoms with van der Waals surface area (Å²) >= 11 is 0. The van der Waals surface area contributed by atoms with Crippen LogP contribution in [0.25, 0.3) is 0 Å². The van der Waals surface area contributed by atoms with E-state index in [2.05, 4.69) is 21.7 Å². The number of urea groups is 1. The second-order valence-electron chi connectivity index (χ2n) is 4.55. The van der Waals surface area contributed by atoms with Crippen molar-refractivity contribution in [3.8, 4) is 0 Å². The molecule has 0 spiro atoms. The first-order valence-electron chi connectivity index (χ1n) is 6.45. The van der Waals surface area contributed by atoms with E-state index in [9.17, 15) is 4.79 Å². The zero-order valence-corrected chi connectivity index (χ0v) is 10.4. The Balaban J connectivity index is 1.66. The van der Waals surface area contributed by atoms with Gasteiger partial charge in [-0.2, -0.15) is 0 Å². The molecule has 4 nitrogen and oxygen atoms in total. The van der Waals surface area contributed by atoms with Gasteiger partial charge in [0.15, 0.2) is 0 Å². The molecule has 96 valence electrons. The topological polar surface area (TPSA) is 54.0 Å². The zero-order valence-electron chi connectivity index (χ0n) is 10.4. The fourth-order valence-electron chi connectivity index (χ4n) is 2.13. The largest absolute Gasteiger partial charge is 0.332 e. The Morgan fingerprint density at radius 3 is 2.94 bits per heavy atom. The van der Waals surface area contributed by atoms with Crippen LogP contribution in [0, 0.1) is 5.92 Å². The van der Waals surface area contributed by atoms with Gasteiger partial charge in [-0.3, -0.25) is 4.98 Å². The predicted molar refractivity (Wildman–Crippen MR) is 70.7 cm³/mol. The van der Waals surface area contributed by atoms with Crippen molar-refractivity contribution in [3.05, 3.63) is 42.4 Å². The summed E-state index contributed by atoms with van der Waals surface area (Å²) < 4.78 is 0. The van der Waals surface area contributed by atoms with Crippen LogP contribution in [0.15, 0.2) is 36.7 Å². The van der Waals surface area contributed by atoms with Gasteiger partial charge < -0.3 is 10.6 Å². The van der Waals surface area contributed by atoms with Crippen molar-refractivity contribution in [1.29, 1.82) is 0 Å². The highest BCUT2D eigenvalue weighted by Crippen LogP contribution is 2.25. The average Bonchev–Trinajstić information content (AvgIpc) is 2.91. The van der Waals surface area contributed by atoms with E-state index >= 15 is 0 Å². The molecule has 4 heteroatoms. The van der Waals surface area contributed by atoms with Gasteiger partial charge in [0.2, 0.25) is 0 Å². The van der Waals surface area contributed by atoms with Gasteiger partial charge in [0.1, 0.15) is 0 Å². The number of hydrogen-bond donors (Lipinski definition) is 2. The normalized spacial score (nSPS) is 16.0. The van der Waals surface area contributed by atoms with Crippen molar-refractivity contribution in [2.75, 3.05) is 0 Å². The Morgan fingerprint density at radius 2 is 2.22 bits per heavy atom. The summed E-state index contributed by atoms with van der Waals surface area (Å²) in [5.74, 6) is 0.640. The zero-order chi connectivity index (χ0) is 12.6. The lowest BCUT2D eigenvalue weighted by Crippen LogP contribution is -2.31. The van der Waals surface area contributed by atoms with Crippen molar-refractivity contribution < 1.29 is 4.79 Å². The molecule has 0 atom stereocenters. The minimum absolute atomic E-state index is 0.185. The number of nitrogens with zero attached hydrogens (tertiary/aromatic N) is 1. The van der Waals surface area contributed by atoms with Crippen molar-refractivity contribution in [1.82, 2.24) is 15.6 Å². The van der Waals surface area contributed by atoms with Crippen LogP contribution in [0.3, 0.4) is 0 Å². The fraction of sp³-hybridized carbons (Fsp3) is 0.429. The van der Waals surface area contributed by atoms with Crippen LogP contribution in [-0.2, 0) is 6.54 Å². The Morgan fingerprint density at radius 1 is 1.39 bits per heavy atom. The van der Waals surface area contributed by atoms with E-state index in [-0.39, 0.29) is 6.03 Å². The highest BCUT2D eigenvalue weighted by Gasteiger charge is 2.11. The second-order valence-corrected chi connectivity index (χ2v) is 4.55. The molecule has 1 heterocycles. The van der Waals surface area contributed by atoms with Crippen LogP contribution in [0.2, 0.25) is 0 Å². The minimum atomic E-state index is -0.185. The molecule has 1 aromatic rings. The number of nitrogens with one attached hydrogen (secondary N) is 2. The van der Waals surface area contributed by atoms with E-state index in [0.717, 1.165) is 5.69 Å². The third-order valence-electron chi connectivity index (χ3n) is 3.14. The SMILES string of the molecule is O=C(N/C=C/C1CCCC1)NCc1ccccn1. The van der Waals surface area contributed by atoms with E-state index in [0.29, 0.717) is 12.5 Å². The molecule has 0 aromatic carbocycles. The molecule has 2 amide bonds. The van der Waals surface area contributed by atoms with Gasteiger partial charge in [-0.15, -0.1) is 0 Å². The third kappa shape index (κ3) is 4.20. The Kier molecular flexibility index (Phi) is 4.76. The molecule has 1 aromatic heterocycles. The number of carbonyl (C=O) groups is 1. The molecule has 2 N–H and O–H groups in total. The summed E-state index contributed by atoms with van der Waals surface area (Å²) in [6.07, 6.45) is 10.7. The van der Waals surface area contributed by atoms with Gasteiger partial charge >= 0.3 is 6.03 Å². The summed E-state index contributed by atoms with van der Waals surface area (Å²) in [6.45, 7) is 0.448. The van der Waals surface area contributed by atoms with Crippen molar-refractivity contribution >= 4 is 6.03 Å². The predicted octanol–water partition coefficient (Wildman–Crippen LogP) is 2.58. The van der Waals surface area contributed by atoms with Gasteiger partial charge in [0, 0.05) is 12.4 Å². The lowest BCUT2D eigenvalue weighted by molar-refractivity contribution is 0.243. The molecule has 0 bridgehead atoms. The molecule has 1 aliphatic rings. The van der Waals surface area contributed by atoms with Crippen molar-refractivity contribution in [3.63, 3.8) is 0 Å². The van der Waals surface area contributed by atoms with Crippen LogP contribution >= 0.6 is 0 Å². The smallest absolute Gasteiger partial charge is 0.319 e. The lowest BCUT2D eigenvalue weighted by Gasteiger charge is -2.04. The quantitative estimate of drug-likeness (QED) is 0.856. The van der Waals surface area contributed by atoms with E-state index in [1.54, 1.807) is 12.4 Å². The molecule has 0 saturated heterocycles. The third-order valence-corrected chi connectivity index (χ3v) is 3.14. The molecule has 2 rings (SSSR count). The van der Waals surface area contributed by atoms with Gasteiger partial charge in [-0.25, -0.2) is 4.79 Å². The molecular formula is C14H19N3O. The average molecular weight is 245 g/mol. The fourth-order valence-corrected chi connectivity index (χ4v) is 2.13. The number of aromatic nitrogens is 1. The molecule has 18 heavy (non-hydrogen) atoms. The standard InChI is InChI=1S/C14H19N3O/c18-14(16-10-8-12-5-1-2-6-12)17-11-13-7-3-4-9-15-13/h3-4,7-10,12H,1-2,5-6,11H2,(H2,16,17,18)/b10-8+. The van der Waals surface area contributed by atoms with E-state index in [4.69, 9.17) is 0 Å². The number of allylic oxidation sites excluding steroid dienone is 1. The van der Waals surface area contributed by atoms with Crippen LogP contribution in [0.1, 0.15) is 31.4 Å². The molecule has 1 saturated carbocycles. The second kappa shape index (κ2) is 6.79. The van der Waals surface area contributed by atoms with Gasteiger partial charge in [-0.1, -0.05) is 25.0 Å². The van der Waals surface area contributed by atoms with Crippen LogP contribution in [-0.4, -0.2) is 11.0 Å². The van der Waals surface area contributed by atoms with E-state index in [1.807, 2.05) is 18.2 Å². The van der Waals surface area contributed by atoms with Gasteiger partial charge in [0.25, 0.3) is 0 Å².